The minimum absolute atomic E-state index is 0.140. The van der Waals surface area contributed by atoms with Crippen LogP contribution in [0.1, 0.15) is 33.1 Å². The van der Waals surface area contributed by atoms with Crippen molar-refractivity contribution in [2.24, 2.45) is 0 Å². The minimum atomic E-state index is 0.140. The fraction of sp³-hybridized carbons (Fsp3) is 0.833. The molecule has 0 fully saturated rings. The Morgan fingerprint density at radius 1 is 1.44 bits per heavy atom. The second kappa shape index (κ2) is 15.7. The van der Waals surface area contributed by atoms with Gasteiger partial charge in [-0.1, -0.05) is 33.1 Å². The molecular formula is C6H13ClO2. The smallest absolute Gasteiger partial charge is 0.312 e. The highest BCUT2D eigenvalue weighted by Crippen LogP contribution is 1.88. The molecule has 0 spiro atoms. The third kappa shape index (κ3) is 33.8. The van der Waals surface area contributed by atoms with Gasteiger partial charge in [0.05, 0.1) is 0 Å². The molecule has 0 atom stereocenters. The molecule has 9 heavy (non-hydrogen) atoms. The lowest BCUT2D eigenvalue weighted by atomic mass is 10.3. The van der Waals surface area contributed by atoms with Crippen LogP contribution in [0.3, 0.4) is 0 Å². The van der Waals surface area contributed by atoms with Gasteiger partial charge in [-0.15, -0.1) is 0 Å². The highest BCUT2D eigenvalue weighted by molar-refractivity contribution is 6.10. The highest BCUT2D eigenvalue weighted by Gasteiger charge is 1.68. The molecule has 56 valence electrons. The van der Waals surface area contributed by atoms with E-state index in [2.05, 4.69) is 30.0 Å². The van der Waals surface area contributed by atoms with Crippen molar-refractivity contribution < 1.29 is 9.08 Å². The van der Waals surface area contributed by atoms with Crippen molar-refractivity contribution in [3.63, 3.8) is 0 Å². The van der Waals surface area contributed by atoms with Gasteiger partial charge in [0, 0.05) is 0 Å². The number of unbranched alkanes of at least 4 members (excludes halogenated alkanes) is 2. The summed E-state index contributed by atoms with van der Waals surface area (Å²) in [5, 5.41) is 0. The van der Waals surface area contributed by atoms with E-state index >= 15 is 0 Å². The predicted molar refractivity (Wildman–Crippen MR) is 38.2 cm³/mol. The number of hydrogen-bond acceptors (Lipinski definition) is 2. The van der Waals surface area contributed by atoms with Gasteiger partial charge in [0.1, 0.15) is 11.9 Å². The fourth-order valence-electron chi connectivity index (χ4n) is 0.354. The van der Waals surface area contributed by atoms with E-state index in [9.17, 15) is 0 Å². The average Bonchev–Trinajstić information content (AvgIpc) is 1.91. The fourth-order valence-corrected chi connectivity index (χ4v) is 0.354. The zero-order valence-corrected chi connectivity index (χ0v) is 6.65. The number of carbonyl (C=O) groups excluding carboxylic acids is 1. The molecular weight excluding hydrogens is 140 g/mol. The van der Waals surface area contributed by atoms with Gasteiger partial charge in [0.2, 0.25) is 0 Å². The van der Waals surface area contributed by atoms with Crippen molar-refractivity contribution in [3.05, 3.63) is 0 Å². The molecule has 0 N–H and O–H groups in total. The largest absolute Gasteiger partial charge is 0.350 e. The number of hydrogen-bond donors (Lipinski definition) is 0. The van der Waals surface area contributed by atoms with Crippen LogP contribution in [0.5, 0.6) is 0 Å². The molecule has 0 aromatic rings. The quantitative estimate of drug-likeness (QED) is 0.581. The first-order valence-electron chi connectivity index (χ1n) is 3.04. The zero-order valence-electron chi connectivity index (χ0n) is 5.89. The van der Waals surface area contributed by atoms with Crippen LogP contribution in [0.2, 0.25) is 0 Å². The molecule has 0 saturated heterocycles. The van der Waals surface area contributed by atoms with Gasteiger partial charge in [-0.3, -0.25) is 4.79 Å². The van der Waals surface area contributed by atoms with Gasteiger partial charge in [-0.25, -0.2) is 0 Å². The third-order valence-electron chi connectivity index (χ3n) is 0.743. The predicted octanol–water partition coefficient (Wildman–Crippen LogP) is 2.51. The number of carbonyl (C=O) groups is 1. The Balaban J connectivity index is 0. The van der Waals surface area contributed by atoms with Crippen molar-refractivity contribution in [3.8, 4) is 0 Å². The summed E-state index contributed by atoms with van der Waals surface area (Å²) in [6.45, 7) is 4.56. The molecule has 3 heteroatoms. The van der Waals surface area contributed by atoms with E-state index in [0.717, 1.165) is 0 Å². The second-order valence-electron chi connectivity index (χ2n) is 1.54. The van der Waals surface area contributed by atoms with E-state index in [1.807, 2.05) is 0 Å². The molecule has 0 aliphatic rings. The molecule has 0 heterocycles. The van der Waals surface area contributed by atoms with E-state index in [1.165, 1.54) is 19.3 Å². The number of rotatable bonds is 3. The van der Waals surface area contributed by atoms with Crippen molar-refractivity contribution in [2.75, 3.05) is 0 Å². The van der Waals surface area contributed by atoms with Crippen LogP contribution >= 0.6 is 11.9 Å². The monoisotopic (exact) mass is 152 g/mol. The van der Waals surface area contributed by atoms with E-state index in [1.54, 1.807) is 0 Å². The highest BCUT2D eigenvalue weighted by atomic mass is 35.5. The van der Waals surface area contributed by atoms with E-state index < -0.39 is 0 Å². The first-order valence-corrected chi connectivity index (χ1v) is 3.35. The lowest BCUT2D eigenvalue weighted by molar-refractivity contribution is -0.120. The zero-order chi connectivity index (χ0) is 7.54. The number of halogens is 1. The van der Waals surface area contributed by atoms with Crippen LogP contribution < -0.4 is 0 Å². The van der Waals surface area contributed by atoms with Gasteiger partial charge >= 0.3 is 6.47 Å². The Morgan fingerprint density at radius 2 is 1.78 bits per heavy atom. The molecule has 0 aliphatic heterocycles. The van der Waals surface area contributed by atoms with Gasteiger partial charge in [-0.05, 0) is 0 Å². The van der Waals surface area contributed by atoms with Crippen LogP contribution in [-0.4, -0.2) is 6.47 Å². The van der Waals surface area contributed by atoms with E-state index in [-0.39, 0.29) is 6.47 Å². The standard InChI is InChI=1S/C5H12.CHClO2/c1-3-5-4-2;2-4-1-3/h3-5H2,1-2H3;1H. The maximum absolute atomic E-state index is 8.82. The minimum Gasteiger partial charge on any atom is -0.350 e. The van der Waals surface area contributed by atoms with E-state index in [0.29, 0.717) is 0 Å². The normalized spacial score (nSPS) is 7.00. The summed E-state index contributed by atoms with van der Waals surface area (Å²) in [6.07, 6.45) is 4.08. The van der Waals surface area contributed by atoms with Crippen molar-refractivity contribution >= 4 is 18.3 Å². The summed E-state index contributed by atoms with van der Waals surface area (Å²) in [6, 6.07) is 0. The first-order chi connectivity index (χ1) is 4.33. The summed E-state index contributed by atoms with van der Waals surface area (Å²) in [5.41, 5.74) is 0. The van der Waals surface area contributed by atoms with Crippen molar-refractivity contribution in [1.82, 2.24) is 0 Å². The Bertz CT molecular complexity index is 46.3. The Morgan fingerprint density at radius 3 is 1.78 bits per heavy atom. The molecule has 0 aromatic carbocycles. The summed E-state index contributed by atoms with van der Waals surface area (Å²) in [4.78, 5) is 8.82. The maximum atomic E-state index is 8.82. The summed E-state index contributed by atoms with van der Waals surface area (Å²) in [7, 11) is 0. The van der Waals surface area contributed by atoms with Gasteiger partial charge in [-0.2, -0.15) is 0 Å². The molecule has 0 amide bonds. The maximum Gasteiger partial charge on any atom is 0.312 e. The topological polar surface area (TPSA) is 26.3 Å². The molecule has 0 radical (unpaired) electrons. The molecule has 0 unspecified atom stereocenters. The van der Waals surface area contributed by atoms with Crippen LogP contribution in [0, 0.1) is 0 Å². The van der Waals surface area contributed by atoms with Crippen LogP contribution in [-0.2, 0) is 9.08 Å². The van der Waals surface area contributed by atoms with Gasteiger partial charge in [0.15, 0.2) is 0 Å². The Kier molecular flexibility index (Phi) is 20.1. The molecule has 0 rings (SSSR count). The third-order valence-corrected chi connectivity index (χ3v) is 0.816. The van der Waals surface area contributed by atoms with Gasteiger partial charge in [0.25, 0.3) is 0 Å². The lowest BCUT2D eigenvalue weighted by Crippen LogP contribution is -1.59. The van der Waals surface area contributed by atoms with E-state index in [4.69, 9.17) is 4.79 Å². The van der Waals surface area contributed by atoms with Crippen LogP contribution in [0.25, 0.3) is 0 Å². The molecule has 0 aliphatic carbocycles. The SMILES string of the molecule is CCCCC.O=COCl. The average molecular weight is 153 g/mol. The molecule has 0 aromatic heterocycles. The summed E-state index contributed by atoms with van der Waals surface area (Å²) < 4.78 is 3.33. The molecule has 0 bridgehead atoms. The Hall–Kier alpha value is -0.240. The summed E-state index contributed by atoms with van der Waals surface area (Å²) in [5.74, 6) is 0. The van der Waals surface area contributed by atoms with Crippen molar-refractivity contribution in [2.45, 2.75) is 33.1 Å². The lowest BCUT2D eigenvalue weighted by Gasteiger charge is -1.79. The van der Waals surface area contributed by atoms with Crippen molar-refractivity contribution in [1.29, 1.82) is 0 Å². The van der Waals surface area contributed by atoms with Crippen LogP contribution in [0.4, 0.5) is 0 Å². The molecule has 0 saturated carbocycles. The Labute approximate surface area is 61.3 Å². The summed E-state index contributed by atoms with van der Waals surface area (Å²) >= 11 is 4.32. The van der Waals surface area contributed by atoms with Crippen LogP contribution in [0.15, 0.2) is 0 Å². The van der Waals surface area contributed by atoms with Gasteiger partial charge < -0.3 is 4.29 Å². The first kappa shape index (κ1) is 11.5. The molecule has 2 nitrogen and oxygen atoms in total. The second-order valence-corrected chi connectivity index (χ2v) is 1.72.